The van der Waals surface area contributed by atoms with Gasteiger partial charge < -0.3 is 14.3 Å². The van der Waals surface area contributed by atoms with Gasteiger partial charge in [0.05, 0.1) is 13.3 Å². The van der Waals surface area contributed by atoms with Crippen molar-refractivity contribution in [3.05, 3.63) is 53.5 Å². The number of carbonyl (C=O) groups is 1. The summed E-state index contributed by atoms with van der Waals surface area (Å²) in [5.74, 6) is -1.17. The first-order valence-electron chi connectivity index (χ1n) is 5.47. The Labute approximate surface area is 108 Å². The third-order valence-corrected chi connectivity index (χ3v) is 2.74. The fourth-order valence-electron chi connectivity index (χ4n) is 1.63. The maximum atomic E-state index is 13.1. The molecule has 0 aliphatic rings. The van der Waals surface area contributed by atoms with Crippen molar-refractivity contribution in [1.82, 2.24) is 4.98 Å². The quantitative estimate of drug-likeness (QED) is 0.857. The van der Waals surface area contributed by atoms with Crippen LogP contribution in [-0.4, -0.2) is 23.2 Å². The number of hydrogen-bond acceptors (Lipinski definition) is 5. The van der Waals surface area contributed by atoms with E-state index in [-0.39, 0.29) is 17.1 Å². The zero-order valence-electron chi connectivity index (χ0n) is 10.4. The summed E-state index contributed by atoms with van der Waals surface area (Å²) in [5.41, 5.74) is -1.38. The smallest absolute Gasteiger partial charge is 0.373 e. The van der Waals surface area contributed by atoms with Crippen molar-refractivity contribution in [2.24, 2.45) is 0 Å². The second-order valence-corrected chi connectivity index (χ2v) is 4.12. The Balaban J connectivity index is 2.39. The number of pyridine rings is 1. The molecule has 5 nitrogen and oxygen atoms in total. The van der Waals surface area contributed by atoms with Crippen LogP contribution in [0.5, 0.6) is 0 Å². The molecular weight excluding hydrogens is 253 g/mol. The van der Waals surface area contributed by atoms with E-state index in [9.17, 15) is 14.3 Å². The van der Waals surface area contributed by atoms with Gasteiger partial charge in [-0.1, -0.05) is 0 Å². The summed E-state index contributed by atoms with van der Waals surface area (Å²) < 4.78 is 22.8. The van der Waals surface area contributed by atoms with E-state index in [0.717, 1.165) is 12.3 Å². The Morgan fingerprint density at radius 2 is 2.21 bits per heavy atom. The first-order valence-corrected chi connectivity index (χ1v) is 5.47. The van der Waals surface area contributed by atoms with Crippen molar-refractivity contribution < 1.29 is 23.4 Å². The first kappa shape index (κ1) is 13.2. The Morgan fingerprint density at radius 3 is 2.84 bits per heavy atom. The number of ether oxygens (including phenoxy) is 1. The fourth-order valence-corrected chi connectivity index (χ4v) is 1.63. The normalized spacial score (nSPS) is 13.9. The summed E-state index contributed by atoms with van der Waals surface area (Å²) in [6, 6.07) is 3.95. The molecule has 0 bridgehead atoms. The van der Waals surface area contributed by atoms with Gasteiger partial charge >= 0.3 is 5.97 Å². The summed E-state index contributed by atoms with van der Waals surface area (Å²) in [6.07, 6.45) is 2.35. The lowest BCUT2D eigenvalue weighted by Crippen LogP contribution is -2.22. The maximum absolute atomic E-state index is 13.1. The van der Waals surface area contributed by atoms with Crippen LogP contribution in [-0.2, 0) is 10.3 Å². The maximum Gasteiger partial charge on any atom is 0.373 e. The lowest BCUT2D eigenvalue weighted by molar-refractivity contribution is 0.0521. The van der Waals surface area contributed by atoms with Crippen molar-refractivity contribution in [2.45, 2.75) is 12.5 Å². The van der Waals surface area contributed by atoms with Crippen LogP contribution in [0.4, 0.5) is 4.39 Å². The minimum Gasteiger partial charge on any atom is -0.463 e. The molecule has 0 aliphatic heterocycles. The predicted octanol–water partition coefficient (Wildman–Crippen LogP) is 1.86. The van der Waals surface area contributed by atoms with Gasteiger partial charge in [0.25, 0.3) is 0 Å². The third-order valence-electron chi connectivity index (χ3n) is 2.74. The number of carbonyl (C=O) groups excluding carboxylic acids is 1. The molecule has 6 heteroatoms. The third kappa shape index (κ3) is 2.48. The van der Waals surface area contributed by atoms with Crippen LogP contribution in [0.15, 0.2) is 35.0 Å². The molecule has 19 heavy (non-hydrogen) atoms. The van der Waals surface area contributed by atoms with Gasteiger partial charge in [-0.3, -0.25) is 4.98 Å². The molecule has 1 N–H and O–H groups in total. The number of hydrogen-bond donors (Lipinski definition) is 1. The van der Waals surface area contributed by atoms with Crippen LogP contribution < -0.4 is 0 Å². The average molecular weight is 265 g/mol. The van der Waals surface area contributed by atoms with Gasteiger partial charge in [0.1, 0.15) is 17.2 Å². The lowest BCUT2D eigenvalue weighted by atomic mass is 9.95. The number of esters is 1. The molecular formula is C13H12FNO4. The molecule has 0 aromatic carbocycles. The molecule has 0 saturated heterocycles. The van der Waals surface area contributed by atoms with Gasteiger partial charge in [0.2, 0.25) is 5.76 Å². The van der Waals surface area contributed by atoms with E-state index in [0.29, 0.717) is 0 Å². The standard InChI is InChI=1S/C13H12FNO4/c1-13(17,8-5-9(14)7-15-6-8)11-4-3-10(19-11)12(16)18-2/h3-7,17H,1-2H3. The molecule has 0 fully saturated rings. The Morgan fingerprint density at radius 1 is 1.47 bits per heavy atom. The molecule has 0 aliphatic carbocycles. The van der Waals surface area contributed by atoms with Crippen LogP contribution in [0.1, 0.15) is 28.8 Å². The molecule has 0 radical (unpaired) electrons. The predicted molar refractivity (Wildman–Crippen MR) is 62.9 cm³/mol. The molecule has 0 spiro atoms. The SMILES string of the molecule is COC(=O)c1ccc(C(C)(O)c2cncc(F)c2)o1. The molecule has 2 aromatic heterocycles. The summed E-state index contributed by atoms with van der Waals surface area (Å²) in [6.45, 7) is 1.42. The van der Waals surface area contributed by atoms with Crippen LogP contribution in [0.25, 0.3) is 0 Å². The topological polar surface area (TPSA) is 72.6 Å². The average Bonchev–Trinajstić information content (AvgIpc) is 2.88. The highest BCUT2D eigenvalue weighted by atomic mass is 19.1. The monoisotopic (exact) mass is 265 g/mol. The fraction of sp³-hybridized carbons (Fsp3) is 0.231. The molecule has 0 amide bonds. The zero-order valence-corrected chi connectivity index (χ0v) is 10.4. The molecule has 1 unspecified atom stereocenters. The Bertz CT molecular complexity index is 606. The van der Waals surface area contributed by atoms with Gasteiger partial charge in [0, 0.05) is 11.8 Å². The van der Waals surface area contributed by atoms with E-state index in [4.69, 9.17) is 4.42 Å². The number of halogens is 1. The molecule has 0 saturated carbocycles. The summed E-state index contributed by atoms with van der Waals surface area (Å²) in [4.78, 5) is 14.9. The highest BCUT2D eigenvalue weighted by molar-refractivity contribution is 5.86. The Hall–Kier alpha value is -2.21. The molecule has 2 aromatic rings. The van der Waals surface area contributed by atoms with E-state index < -0.39 is 17.4 Å². The first-order chi connectivity index (χ1) is 8.95. The summed E-state index contributed by atoms with van der Waals surface area (Å²) in [7, 11) is 1.22. The second kappa shape index (κ2) is 4.81. The van der Waals surface area contributed by atoms with Crippen molar-refractivity contribution in [3.8, 4) is 0 Å². The molecule has 2 rings (SSSR count). The summed E-state index contributed by atoms with van der Waals surface area (Å²) >= 11 is 0. The zero-order chi connectivity index (χ0) is 14.0. The molecule has 1 atom stereocenters. The van der Waals surface area contributed by atoms with Crippen molar-refractivity contribution in [1.29, 1.82) is 0 Å². The lowest BCUT2D eigenvalue weighted by Gasteiger charge is -2.20. The van der Waals surface area contributed by atoms with Gasteiger partial charge in [0.15, 0.2) is 0 Å². The van der Waals surface area contributed by atoms with E-state index in [1.807, 2.05) is 0 Å². The van der Waals surface area contributed by atoms with E-state index in [2.05, 4.69) is 9.72 Å². The highest BCUT2D eigenvalue weighted by Crippen LogP contribution is 2.30. The van der Waals surface area contributed by atoms with Gasteiger partial charge in [-0.2, -0.15) is 0 Å². The van der Waals surface area contributed by atoms with Crippen LogP contribution in [0.2, 0.25) is 0 Å². The van der Waals surface area contributed by atoms with E-state index in [1.54, 1.807) is 0 Å². The van der Waals surface area contributed by atoms with E-state index in [1.165, 1.54) is 32.4 Å². The summed E-state index contributed by atoms with van der Waals surface area (Å²) in [5, 5.41) is 10.4. The van der Waals surface area contributed by atoms with Gasteiger partial charge in [-0.15, -0.1) is 0 Å². The molecule has 100 valence electrons. The number of furan rings is 1. The number of aromatic nitrogens is 1. The molecule has 2 heterocycles. The number of aliphatic hydroxyl groups is 1. The van der Waals surface area contributed by atoms with E-state index >= 15 is 0 Å². The van der Waals surface area contributed by atoms with Gasteiger partial charge in [-0.05, 0) is 25.1 Å². The number of nitrogens with zero attached hydrogens (tertiary/aromatic N) is 1. The van der Waals surface area contributed by atoms with Crippen molar-refractivity contribution >= 4 is 5.97 Å². The number of methoxy groups -OCH3 is 1. The van der Waals surface area contributed by atoms with Crippen LogP contribution in [0.3, 0.4) is 0 Å². The minimum absolute atomic E-state index is 0.0397. The Kier molecular flexibility index (Phi) is 3.35. The van der Waals surface area contributed by atoms with Crippen molar-refractivity contribution in [3.63, 3.8) is 0 Å². The van der Waals surface area contributed by atoms with Crippen LogP contribution in [0, 0.1) is 5.82 Å². The minimum atomic E-state index is -1.60. The van der Waals surface area contributed by atoms with Gasteiger partial charge in [-0.25, -0.2) is 9.18 Å². The van der Waals surface area contributed by atoms with Crippen molar-refractivity contribution in [2.75, 3.05) is 7.11 Å². The second-order valence-electron chi connectivity index (χ2n) is 4.12. The number of rotatable bonds is 3. The van der Waals surface area contributed by atoms with Crippen LogP contribution >= 0.6 is 0 Å². The highest BCUT2D eigenvalue weighted by Gasteiger charge is 2.31. The largest absolute Gasteiger partial charge is 0.463 e.